The first-order chi connectivity index (χ1) is 10.6. The van der Waals surface area contributed by atoms with Crippen LogP contribution in [0.1, 0.15) is 13.8 Å². The molecule has 2 aromatic heterocycles. The van der Waals surface area contributed by atoms with E-state index in [4.69, 9.17) is 4.74 Å². The number of amides is 1. The molecule has 22 heavy (non-hydrogen) atoms. The molecule has 1 amide bonds. The summed E-state index contributed by atoms with van der Waals surface area (Å²) < 4.78 is 6.68. The van der Waals surface area contributed by atoms with Gasteiger partial charge in [-0.25, -0.2) is 4.79 Å². The summed E-state index contributed by atoms with van der Waals surface area (Å²) in [5.74, 6) is 0.920. The summed E-state index contributed by atoms with van der Waals surface area (Å²) in [6.45, 7) is 4.32. The zero-order chi connectivity index (χ0) is 15.5. The molecular formula is C14H15N5O2S. The lowest BCUT2D eigenvalue weighted by Crippen LogP contribution is -2.16. The van der Waals surface area contributed by atoms with Crippen LogP contribution in [0.3, 0.4) is 0 Å². The maximum Gasteiger partial charge on any atom is 0.413 e. The summed E-state index contributed by atoms with van der Waals surface area (Å²) in [6.07, 6.45) is -0.514. The average molecular weight is 317 g/mol. The maximum atomic E-state index is 11.7. The van der Waals surface area contributed by atoms with Gasteiger partial charge >= 0.3 is 6.09 Å². The fourth-order valence-corrected chi connectivity index (χ4v) is 2.53. The van der Waals surface area contributed by atoms with E-state index in [9.17, 15) is 4.79 Å². The molecular weight excluding hydrogens is 302 g/mol. The van der Waals surface area contributed by atoms with Gasteiger partial charge in [0.1, 0.15) is 0 Å². The first kappa shape index (κ1) is 14.5. The Kier molecular flexibility index (Phi) is 4.01. The van der Waals surface area contributed by atoms with E-state index in [1.807, 2.05) is 44.2 Å². The minimum atomic E-state index is -0.514. The smallest absolute Gasteiger partial charge is 0.413 e. The van der Waals surface area contributed by atoms with Crippen LogP contribution in [0, 0.1) is 5.92 Å². The molecule has 0 bridgehead atoms. The van der Waals surface area contributed by atoms with Crippen molar-refractivity contribution in [3.8, 4) is 11.4 Å². The van der Waals surface area contributed by atoms with Gasteiger partial charge in [0.15, 0.2) is 5.82 Å². The van der Waals surface area contributed by atoms with Gasteiger partial charge in [-0.05, 0) is 5.92 Å². The van der Waals surface area contributed by atoms with Gasteiger partial charge in [-0.3, -0.25) is 5.32 Å². The van der Waals surface area contributed by atoms with Crippen molar-refractivity contribution in [1.29, 1.82) is 0 Å². The Bertz CT molecular complexity index is 781. The highest BCUT2D eigenvalue weighted by atomic mass is 32.1. The van der Waals surface area contributed by atoms with Gasteiger partial charge in [-0.2, -0.15) is 4.52 Å². The summed E-state index contributed by atoms with van der Waals surface area (Å²) in [4.78, 5) is 12.3. The highest BCUT2D eigenvalue weighted by Gasteiger charge is 2.15. The van der Waals surface area contributed by atoms with Crippen molar-refractivity contribution in [2.45, 2.75) is 13.8 Å². The Labute approximate surface area is 130 Å². The van der Waals surface area contributed by atoms with Gasteiger partial charge in [-0.15, -0.1) is 15.3 Å². The van der Waals surface area contributed by atoms with Crippen LogP contribution in [-0.2, 0) is 4.74 Å². The summed E-state index contributed by atoms with van der Waals surface area (Å²) >= 11 is 1.24. The van der Waals surface area contributed by atoms with Gasteiger partial charge in [-0.1, -0.05) is 55.5 Å². The van der Waals surface area contributed by atoms with Crippen molar-refractivity contribution in [2.75, 3.05) is 11.9 Å². The number of nitrogens with zero attached hydrogens (tertiary/aromatic N) is 4. The Morgan fingerprint density at radius 2 is 2.09 bits per heavy atom. The summed E-state index contributed by atoms with van der Waals surface area (Å²) in [7, 11) is 0. The second-order valence-corrected chi connectivity index (χ2v) is 6.06. The Morgan fingerprint density at radius 3 is 2.82 bits per heavy atom. The van der Waals surface area contributed by atoms with Crippen LogP contribution >= 0.6 is 11.3 Å². The third-order valence-electron chi connectivity index (χ3n) is 2.78. The number of rotatable bonds is 4. The number of fused-ring (bicyclic) bond motifs is 1. The second-order valence-electron chi connectivity index (χ2n) is 5.11. The van der Waals surface area contributed by atoms with Crippen LogP contribution in [-0.4, -0.2) is 32.5 Å². The Morgan fingerprint density at radius 1 is 1.32 bits per heavy atom. The third-order valence-corrected chi connectivity index (χ3v) is 3.59. The van der Waals surface area contributed by atoms with E-state index in [1.165, 1.54) is 11.3 Å². The lowest BCUT2D eigenvalue weighted by atomic mass is 10.2. The summed E-state index contributed by atoms with van der Waals surface area (Å²) in [6, 6.07) is 9.64. The Hall–Kier alpha value is -2.48. The van der Waals surface area contributed by atoms with Crippen LogP contribution in [0.15, 0.2) is 30.3 Å². The highest BCUT2D eigenvalue weighted by Crippen LogP contribution is 2.23. The minimum Gasteiger partial charge on any atom is -0.449 e. The van der Waals surface area contributed by atoms with E-state index in [2.05, 4.69) is 20.6 Å². The van der Waals surface area contributed by atoms with Gasteiger partial charge < -0.3 is 4.74 Å². The molecule has 1 N–H and O–H groups in total. The minimum absolute atomic E-state index is 0.285. The number of anilines is 1. The number of nitrogens with one attached hydrogen (secondary N) is 1. The quantitative estimate of drug-likeness (QED) is 0.800. The van der Waals surface area contributed by atoms with Gasteiger partial charge in [0.25, 0.3) is 0 Å². The summed E-state index contributed by atoms with van der Waals surface area (Å²) in [5.41, 5.74) is 0.911. The van der Waals surface area contributed by atoms with Crippen LogP contribution in [0.25, 0.3) is 16.3 Å². The number of aromatic nitrogens is 4. The van der Waals surface area contributed by atoms with Crippen LogP contribution in [0.5, 0.6) is 0 Å². The SMILES string of the molecule is CC(C)COC(=O)Nc1nn2c(-c3ccccc3)nnc2s1. The van der Waals surface area contributed by atoms with Crippen molar-refractivity contribution < 1.29 is 9.53 Å². The standard InChI is InChI=1S/C14H15N5O2S/c1-9(2)8-21-14(20)15-12-18-19-11(16-17-13(19)22-12)10-6-4-3-5-7-10/h3-7,9H,8H2,1-2H3,(H,15,18,20). The van der Waals surface area contributed by atoms with Crippen LogP contribution in [0.2, 0.25) is 0 Å². The van der Waals surface area contributed by atoms with E-state index in [0.717, 1.165) is 5.56 Å². The van der Waals surface area contributed by atoms with Crippen molar-refractivity contribution >= 4 is 27.5 Å². The number of carbonyl (C=O) groups excluding carboxylic acids is 1. The average Bonchev–Trinajstić information content (AvgIpc) is 3.05. The van der Waals surface area contributed by atoms with Crippen molar-refractivity contribution in [3.63, 3.8) is 0 Å². The molecule has 0 atom stereocenters. The predicted molar refractivity (Wildman–Crippen MR) is 83.9 cm³/mol. The zero-order valence-electron chi connectivity index (χ0n) is 12.2. The normalized spacial score (nSPS) is 11.0. The van der Waals surface area contributed by atoms with Crippen LogP contribution < -0.4 is 5.32 Å². The fourth-order valence-electron chi connectivity index (χ4n) is 1.80. The first-order valence-corrected chi connectivity index (χ1v) is 7.66. The second kappa shape index (κ2) is 6.10. The molecule has 3 rings (SSSR count). The fraction of sp³-hybridized carbons (Fsp3) is 0.286. The molecule has 0 spiro atoms. The molecule has 114 valence electrons. The molecule has 8 heteroatoms. The molecule has 0 unspecified atom stereocenters. The lowest BCUT2D eigenvalue weighted by molar-refractivity contribution is 0.147. The van der Waals surface area contributed by atoms with Gasteiger partial charge in [0.2, 0.25) is 10.1 Å². The largest absolute Gasteiger partial charge is 0.449 e. The molecule has 1 aromatic carbocycles. The van der Waals surface area contributed by atoms with E-state index < -0.39 is 6.09 Å². The number of ether oxygens (including phenoxy) is 1. The molecule has 7 nitrogen and oxygen atoms in total. The molecule has 0 aliphatic heterocycles. The van der Waals surface area contributed by atoms with Crippen LogP contribution in [0.4, 0.5) is 9.93 Å². The number of carbonyl (C=O) groups is 1. The highest BCUT2D eigenvalue weighted by molar-refractivity contribution is 7.20. The number of hydrogen-bond donors (Lipinski definition) is 1. The molecule has 0 aliphatic carbocycles. The Balaban J connectivity index is 1.79. The van der Waals surface area contributed by atoms with Crippen molar-refractivity contribution in [2.24, 2.45) is 5.92 Å². The zero-order valence-corrected chi connectivity index (χ0v) is 13.0. The summed E-state index contributed by atoms with van der Waals surface area (Å²) in [5, 5.41) is 15.5. The van der Waals surface area contributed by atoms with E-state index >= 15 is 0 Å². The third kappa shape index (κ3) is 3.06. The molecule has 0 radical (unpaired) electrons. The predicted octanol–water partition coefficient (Wildman–Crippen LogP) is 3.06. The lowest BCUT2D eigenvalue weighted by Gasteiger charge is -2.06. The molecule has 0 saturated heterocycles. The molecule has 2 heterocycles. The maximum absolute atomic E-state index is 11.7. The topological polar surface area (TPSA) is 81.4 Å². The van der Waals surface area contributed by atoms with Gasteiger partial charge in [0, 0.05) is 5.56 Å². The van der Waals surface area contributed by atoms with E-state index in [0.29, 0.717) is 22.5 Å². The molecule has 0 aliphatic rings. The van der Waals surface area contributed by atoms with Crippen molar-refractivity contribution in [3.05, 3.63) is 30.3 Å². The van der Waals surface area contributed by atoms with E-state index in [-0.39, 0.29) is 5.92 Å². The number of benzene rings is 1. The van der Waals surface area contributed by atoms with Crippen molar-refractivity contribution in [1.82, 2.24) is 19.8 Å². The monoisotopic (exact) mass is 317 g/mol. The van der Waals surface area contributed by atoms with Gasteiger partial charge in [0.05, 0.1) is 6.61 Å². The molecule has 0 fully saturated rings. The van der Waals surface area contributed by atoms with E-state index in [1.54, 1.807) is 4.52 Å². The molecule has 3 aromatic rings. The first-order valence-electron chi connectivity index (χ1n) is 6.85. The molecule has 0 saturated carbocycles. The number of hydrogen-bond acceptors (Lipinski definition) is 6.